The molecular weight excluding hydrogens is 306 g/mol. The zero-order valence-electron chi connectivity index (χ0n) is 12.7. The lowest BCUT2D eigenvalue weighted by Crippen LogP contribution is -2.48. The van der Waals surface area contributed by atoms with E-state index in [2.05, 4.69) is 24.1 Å². The SMILES string of the molecule is CN(C)C(C)(C)CNC(=O)c1sc2ccc(Cl)cc2c1N. The largest absolute Gasteiger partial charge is 0.397 e. The fourth-order valence-electron chi connectivity index (χ4n) is 1.79. The van der Waals surface area contributed by atoms with Crippen LogP contribution >= 0.6 is 22.9 Å². The van der Waals surface area contributed by atoms with Gasteiger partial charge in [-0.05, 0) is 46.1 Å². The molecule has 0 bridgehead atoms. The predicted molar refractivity (Wildman–Crippen MR) is 91.3 cm³/mol. The first-order chi connectivity index (χ1) is 9.72. The van der Waals surface area contributed by atoms with Crippen LogP contribution in [0, 0.1) is 0 Å². The number of nitrogens with zero attached hydrogens (tertiary/aromatic N) is 1. The number of anilines is 1. The van der Waals surface area contributed by atoms with Gasteiger partial charge in [0.25, 0.3) is 5.91 Å². The summed E-state index contributed by atoms with van der Waals surface area (Å²) in [7, 11) is 3.98. The molecular formula is C15H20ClN3OS. The van der Waals surface area contributed by atoms with Crippen LogP contribution in [0.1, 0.15) is 23.5 Å². The van der Waals surface area contributed by atoms with Crippen molar-refractivity contribution in [3.8, 4) is 0 Å². The number of benzene rings is 1. The molecule has 1 amide bonds. The third kappa shape index (κ3) is 3.31. The summed E-state index contributed by atoms with van der Waals surface area (Å²) in [5, 5.41) is 4.41. The van der Waals surface area contributed by atoms with E-state index in [4.69, 9.17) is 17.3 Å². The van der Waals surface area contributed by atoms with E-state index in [1.54, 1.807) is 12.1 Å². The summed E-state index contributed by atoms with van der Waals surface area (Å²) in [4.78, 5) is 15.0. The number of nitrogen functional groups attached to an aromatic ring is 1. The van der Waals surface area contributed by atoms with E-state index in [1.807, 2.05) is 20.2 Å². The molecule has 2 rings (SSSR count). The van der Waals surface area contributed by atoms with Crippen molar-refractivity contribution in [1.82, 2.24) is 10.2 Å². The fraction of sp³-hybridized carbons (Fsp3) is 0.400. The Balaban J connectivity index is 2.22. The lowest BCUT2D eigenvalue weighted by Gasteiger charge is -2.32. The second-order valence-electron chi connectivity index (χ2n) is 5.87. The van der Waals surface area contributed by atoms with Crippen LogP contribution in [-0.4, -0.2) is 37.0 Å². The number of hydrogen-bond donors (Lipinski definition) is 2. The lowest BCUT2D eigenvalue weighted by atomic mass is 10.0. The highest BCUT2D eigenvalue weighted by atomic mass is 35.5. The number of rotatable bonds is 4. The van der Waals surface area contributed by atoms with Gasteiger partial charge < -0.3 is 16.0 Å². The van der Waals surface area contributed by atoms with Gasteiger partial charge in [-0.15, -0.1) is 11.3 Å². The molecule has 0 spiro atoms. The maximum atomic E-state index is 12.4. The molecule has 0 radical (unpaired) electrons. The zero-order valence-corrected chi connectivity index (χ0v) is 14.2. The summed E-state index contributed by atoms with van der Waals surface area (Å²) in [5.41, 5.74) is 6.47. The van der Waals surface area contributed by atoms with Gasteiger partial charge in [0.1, 0.15) is 4.88 Å². The number of amides is 1. The predicted octanol–water partition coefficient (Wildman–Crippen LogP) is 3.21. The highest BCUT2D eigenvalue weighted by molar-refractivity contribution is 7.21. The molecule has 0 aliphatic heterocycles. The molecule has 0 aliphatic rings. The summed E-state index contributed by atoms with van der Waals surface area (Å²) in [6, 6.07) is 5.49. The maximum Gasteiger partial charge on any atom is 0.263 e. The van der Waals surface area contributed by atoms with Crippen LogP contribution in [0.25, 0.3) is 10.1 Å². The number of likely N-dealkylation sites (N-methyl/N-ethyl adjacent to an activating group) is 1. The van der Waals surface area contributed by atoms with Crippen LogP contribution in [0.5, 0.6) is 0 Å². The van der Waals surface area contributed by atoms with Gasteiger partial charge in [-0.3, -0.25) is 4.79 Å². The Kier molecular flexibility index (Phi) is 4.46. The molecule has 0 fully saturated rings. The summed E-state index contributed by atoms with van der Waals surface area (Å²) in [6.07, 6.45) is 0. The van der Waals surface area contributed by atoms with Crippen LogP contribution in [0.3, 0.4) is 0 Å². The first-order valence-electron chi connectivity index (χ1n) is 6.65. The van der Waals surface area contributed by atoms with Crippen molar-refractivity contribution in [2.45, 2.75) is 19.4 Å². The monoisotopic (exact) mass is 325 g/mol. The van der Waals surface area contributed by atoms with Crippen molar-refractivity contribution in [2.24, 2.45) is 0 Å². The van der Waals surface area contributed by atoms with E-state index < -0.39 is 0 Å². The van der Waals surface area contributed by atoms with Crippen LogP contribution in [0.15, 0.2) is 18.2 Å². The lowest BCUT2D eigenvalue weighted by molar-refractivity contribution is 0.0924. The molecule has 21 heavy (non-hydrogen) atoms. The molecule has 0 aliphatic carbocycles. The molecule has 0 unspecified atom stereocenters. The molecule has 3 N–H and O–H groups in total. The van der Waals surface area contributed by atoms with E-state index in [0.717, 1.165) is 10.1 Å². The van der Waals surface area contributed by atoms with Crippen LogP contribution in [-0.2, 0) is 0 Å². The molecule has 2 aromatic rings. The minimum absolute atomic E-state index is 0.121. The van der Waals surface area contributed by atoms with E-state index in [-0.39, 0.29) is 11.4 Å². The fourth-order valence-corrected chi connectivity index (χ4v) is 2.98. The van der Waals surface area contributed by atoms with Crippen molar-refractivity contribution < 1.29 is 4.79 Å². The molecule has 1 aromatic carbocycles. The highest BCUT2D eigenvalue weighted by Gasteiger charge is 2.23. The standard InChI is InChI=1S/C15H20ClN3OS/c1-15(2,19(3)4)8-18-14(20)13-12(17)10-7-9(16)5-6-11(10)21-13/h5-7H,8,17H2,1-4H3,(H,18,20). The van der Waals surface area contributed by atoms with Crippen molar-refractivity contribution in [3.63, 3.8) is 0 Å². The van der Waals surface area contributed by atoms with Gasteiger partial charge in [0.05, 0.1) is 5.69 Å². The normalized spacial score (nSPS) is 12.1. The first kappa shape index (κ1) is 16.1. The van der Waals surface area contributed by atoms with Crippen molar-refractivity contribution in [3.05, 3.63) is 28.1 Å². The number of carbonyl (C=O) groups excluding carboxylic acids is 1. The van der Waals surface area contributed by atoms with Gasteiger partial charge in [0, 0.05) is 27.2 Å². The maximum absolute atomic E-state index is 12.4. The smallest absolute Gasteiger partial charge is 0.263 e. The number of fused-ring (bicyclic) bond motifs is 1. The Bertz CT molecular complexity index is 679. The Morgan fingerprint density at radius 1 is 1.43 bits per heavy atom. The van der Waals surface area contributed by atoms with Crippen molar-refractivity contribution in [1.29, 1.82) is 0 Å². The van der Waals surface area contributed by atoms with E-state index in [0.29, 0.717) is 22.1 Å². The minimum Gasteiger partial charge on any atom is -0.397 e. The molecule has 114 valence electrons. The topological polar surface area (TPSA) is 58.4 Å². The molecule has 0 saturated carbocycles. The summed E-state index contributed by atoms with van der Waals surface area (Å²) < 4.78 is 0.967. The molecule has 6 heteroatoms. The van der Waals surface area contributed by atoms with Crippen LogP contribution < -0.4 is 11.1 Å². The van der Waals surface area contributed by atoms with Crippen LogP contribution in [0.2, 0.25) is 5.02 Å². The molecule has 0 atom stereocenters. The van der Waals surface area contributed by atoms with Gasteiger partial charge in [0.2, 0.25) is 0 Å². The molecule has 4 nitrogen and oxygen atoms in total. The molecule has 0 saturated heterocycles. The molecule has 1 aromatic heterocycles. The summed E-state index contributed by atoms with van der Waals surface area (Å²) >= 11 is 7.37. The number of carbonyl (C=O) groups is 1. The Labute approximate surface area is 133 Å². The third-order valence-corrected chi connectivity index (χ3v) is 5.21. The zero-order chi connectivity index (χ0) is 15.8. The average molecular weight is 326 g/mol. The number of nitrogens with one attached hydrogen (secondary N) is 1. The number of hydrogen-bond acceptors (Lipinski definition) is 4. The van der Waals surface area contributed by atoms with Crippen LogP contribution in [0.4, 0.5) is 5.69 Å². The number of nitrogens with two attached hydrogens (primary N) is 1. The second-order valence-corrected chi connectivity index (χ2v) is 7.36. The summed E-state index contributed by atoms with van der Waals surface area (Å²) in [5.74, 6) is -0.139. The van der Waals surface area contributed by atoms with Crippen molar-refractivity contribution >= 4 is 44.6 Å². The quantitative estimate of drug-likeness (QED) is 0.907. The van der Waals surface area contributed by atoms with Crippen molar-refractivity contribution in [2.75, 3.05) is 26.4 Å². The van der Waals surface area contributed by atoms with Gasteiger partial charge >= 0.3 is 0 Å². The first-order valence-corrected chi connectivity index (χ1v) is 7.85. The van der Waals surface area contributed by atoms with Gasteiger partial charge in [-0.1, -0.05) is 11.6 Å². The van der Waals surface area contributed by atoms with E-state index in [1.165, 1.54) is 11.3 Å². The van der Waals surface area contributed by atoms with Gasteiger partial charge in [0.15, 0.2) is 0 Å². The number of thiophene rings is 1. The Morgan fingerprint density at radius 3 is 2.71 bits per heavy atom. The summed E-state index contributed by atoms with van der Waals surface area (Å²) in [6.45, 7) is 4.69. The van der Waals surface area contributed by atoms with Gasteiger partial charge in [-0.2, -0.15) is 0 Å². The third-order valence-electron chi connectivity index (χ3n) is 3.79. The highest BCUT2D eigenvalue weighted by Crippen LogP contribution is 2.35. The second kappa shape index (κ2) is 5.83. The Morgan fingerprint density at radius 2 is 2.10 bits per heavy atom. The van der Waals surface area contributed by atoms with E-state index >= 15 is 0 Å². The average Bonchev–Trinajstić information content (AvgIpc) is 2.73. The number of halogens is 1. The van der Waals surface area contributed by atoms with E-state index in [9.17, 15) is 4.79 Å². The van der Waals surface area contributed by atoms with Gasteiger partial charge in [-0.25, -0.2) is 0 Å². The Hall–Kier alpha value is -1.30. The molecule has 1 heterocycles. The minimum atomic E-state index is -0.139.